The molecule has 30 heavy (non-hydrogen) atoms. The van der Waals surface area contributed by atoms with Crippen molar-refractivity contribution in [2.75, 3.05) is 20.8 Å². The first-order chi connectivity index (χ1) is 14.4. The number of benzene rings is 2. The summed E-state index contributed by atoms with van der Waals surface area (Å²) >= 11 is 8.85. The number of ether oxygens (including phenoxy) is 2. The molecule has 0 aliphatic carbocycles. The molecule has 0 fully saturated rings. The maximum absolute atomic E-state index is 12.5. The van der Waals surface area contributed by atoms with Crippen LogP contribution in [0.15, 0.2) is 40.9 Å². The van der Waals surface area contributed by atoms with E-state index in [-0.39, 0.29) is 12.5 Å². The van der Waals surface area contributed by atoms with Crippen molar-refractivity contribution in [3.8, 4) is 22.9 Å². The normalized spacial score (nSPS) is 10.7. The van der Waals surface area contributed by atoms with Crippen LogP contribution in [0.3, 0.4) is 0 Å². The molecule has 3 aromatic rings. The summed E-state index contributed by atoms with van der Waals surface area (Å²) in [6.45, 7) is 2.58. The van der Waals surface area contributed by atoms with Crippen molar-refractivity contribution in [2.24, 2.45) is 0 Å². The summed E-state index contributed by atoms with van der Waals surface area (Å²) in [5.41, 5.74) is 3.06. The molecule has 7 nitrogen and oxygen atoms in total. The van der Waals surface area contributed by atoms with E-state index in [1.54, 1.807) is 18.8 Å². The van der Waals surface area contributed by atoms with Gasteiger partial charge in [0.05, 0.1) is 14.2 Å². The monoisotopic (exact) mass is 490 g/mol. The molecule has 0 aliphatic heterocycles. The van der Waals surface area contributed by atoms with Crippen LogP contribution in [-0.4, -0.2) is 41.4 Å². The second-order valence-electron chi connectivity index (χ2n) is 6.70. The van der Waals surface area contributed by atoms with Crippen molar-refractivity contribution in [2.45, 2.75) is 19.9 Å². The summed E-state index contributed by atoms with van der Waals surface area (Å²) < 4.78 is 13.6. The van der Waals surface area contributed by atoms with Gasteiger partial charge >= 0.3 is 0 Å². The third-order valence-electron chi connectivity index (χ3n) is 4.64. The molecule has 0 radical (unpaired) electrons. The van der Waals surface area contributed by atoms with E-state index in [1.807, 2.05) is 43.3 Å². The van der Waals surface area contributed by atoms with Gasteiger partial charge in [0.1, 0.15) is 6.54 Å². The molecule has 1 aromatic heterocycles. The number of carbonyl (C=O) groups is 1. The van der Waals surface area contributed by atoms with E-state index in [2.05, 4.69) is 31.4 Å². The Morgan fingerprint density at radius 2 is 1.87 bits per heavy atom. The maximum Gasteiger partial charge on any atom is 0.240 e. The lowest BCUT2D eigenvalue weighted by Crippen LogP contribution is -2.29. The summed E-state index contributed by atoms with van der Waals surface area (Å²) in [4.78, 5) is 12.5. The van der Waals surface area contributed by atoms with Gasteiger partial charge in [-0.25, -0.2) is 0 Å². The number of methoxy groups -OCH3 is 2. The summed E-state index contributed by atoms with van der Waals surface area (Å²) in [6.07, 6.45) is 0.633. The van der Waals surface area contributed by atoms with Gasteiger partial charge in [-0.15, -0.1) is 0 Å². The molecule has 0 bridgehead atoms. The van der Waals surface area contributed by atoms with E-state index < -0.39 is 0 Å². The summed E-state index contributed by atoms with van der Waals surface area (Å²) in [6, 6.07) is 11.7. The number of rotatable bonds is 8. The van der Waals surface area contributed by atoms with Crippen molar-refractivity contribution in [3.05, 3.63) is 56.8 Å². The first-order valence-corrected chi connectivity index (χ1v) is 10.5. The molecule has 1 heterocycles. The van der Waals surface area contributed by atoms with Crippen LogP contribution in [0.4, 0.5) is 0 Å². The number of hydrogen-bond donors (Lipinski definition) is 2. The highest BCUT2D eigenvalue weighted by Gasteiger charge is 2.13. The number of aromatic nitrogens is 3. The fourth-order valence-electron chi connectivity index (χ4n) is 3.01. The minimum Gasteiger partial charge on any atom is -0.493 e. The summed E-state index contributed by atoms with van der Waals surface area (Å²) in [5, 5.41) is 9.99. The van der Waals surface area contributed by atoms with Gasteiger partial charge in [-0.1, -0.05) is 45.8 Å². The highest BCUT2D eigenvalue weighted by molar-refractivity contribution is 9.10. The van der Waals surface area contributed by atoms with Crippen molar-refractivity contribution in [1.82, 2.24) is 20.1 Å². The molecule has 0 saturated heterocycles. The van der Waals surface area contributed by atoms with Crippen LogP contribution in [0, 0.1) is 11.7 Å². The molecule has 2 aromatic carbocycles. The molecule has 2 N–H and O–H groups in total. The average molecular weight is 491 g/mol. The Bertz CT molecular complexity index is 1090. The second kappa shape index (κ2) is 9.90. The zero-order valence-corrected chi connectivity index (χ0v) is 19.4. The molecule has 0 unspecified atom stereocenters. The quantitative estimate of drug-likeness (QED) is 0.465. The molecule has 1 amide bonds. The Morgan fingerprint density at radius 1 is 1.20 bits per heavy atom. The molecule has 0 atom stereocenters. The highest BCUT2D eigenvalue weighted by atomic mass is 79.9. The first kappa shape index (κ1) is 22.0. The van der Waals surface area contributed by atoms with E-state index >= 15 is 0 Å². The van der Waals surface area contributed by atoms with E-state index in [4.69, 9.17) is 21.7 Å². The zero-order chi connectivity index (χ0) is 21.7. The number of halogens is 1. The Balaban J connectivity index is 1.64. The minimum absolute atomic E-state index is 0.0889. The Kier molecular flexibility index (Phi) is 7.28. The smallest absolute Gasteiger partial charge is 0.240 e. The molecular formula is C21H23BrN4O3S. The lowest BCUT2D eigenvalue weighted by molar-refractivity contribution is -0.121. The number of amides is 1. The van der Waals surface area contributed by atoms with E-state index in [0.717, 1.165) is 21.2 Å². The van der Waals surface area contributed by atoms with Crippen molar-refractivity contribution >= 4 is 34.1 Å². The predicted molar refractivity (Wildman–Crippen MR) is 122 cm³/mol. The van der Waals surface area contributed by atoms with Crippen LogP contribution < -0.4 is 14.8 Å². The van der Waals surface area contributed by atoms with Crippen LogP contribution in [0.25, 0.3) is 11.4 Å². The van der Waals surface area contributed by atoms with E-state index in [9.17, 15) is 4.79 Å². The van der Waals surface area contributed by atoms with Gasteiger partial charge in [-0.3, -0.25) is 14.5 Å². The SMILES string of the molecule is COc1cc(Br)c(CCNC(=O)Cn2c(-c3ccc(C)cc3)n[nH]c2=S)cc1OC. The number of H-pyrrole nitrogens is 1. The third kappa shape index (κ3) is 5.09. The average Bonchev–Trinajstić information content (AvgIpc) is 3.09. The number of nitrogens with zero attached hydrogens (tertiary/aromatic N) is 2. The number of aryl methyl sites for hydroxylation is 1. The highest BCUT2D eigenvalue weighted by Crippen LogP contribution is 2.33. The molecule has 3 rings (SSSR count). The van der Waals surface area contributed by atoms with Gasteiger partial charge in [-0.05, 0) is 43.3 Å². The zero-order valence-electron chi connectivity index (χ0n) is 17.0. The number of hydrogen-bond acceptors (Lipinski definition) is 5. The number of carbonyl (C=O) groups excluding carboxylic acids is 1. The Hall–Kier alpha value is -2.65. The van der Waals surface area contributed by atoms with Crippen LogP contribution >= 0.6 is 28.1 Å². The first-order valence-electron chi connectivity index (χ1n) is 9.32. The van der Waals surface area contributed by atoms with Crippen molar-refractivity contribution < 1.29 is 14.3 Å². The lowest BCUT2D eigenvalue weighted by atomic mass is 10.1. The summed E-state index contributed by atoms with van der Waals surface area (Å²) in [7, 11) is 3.19. The van der Waals surface area contributed by atoms with Crippen LogP contribution in [0.2, 0.25) is 0 Å². The fourth-order valence-corrected chi connectivity index (χ4v) is 3.73. The molecule has 0 aliphatic rings. The molecule has 9 heteroatoms. The molecule has 0 saturated carbocycles. The summed E-state index contributed by atoms with van der Waals surface area (Å²) in [5.74, 6) is 1.79. The molecular weight excluding hydrogens is 468 g/mol. The van der Waals surface area contributed by atoms with Crippen molar-refractivity contribution in [3.63, 3.8) is 0 Å². The third-order valence-corrected chi connectivity index (χ3v) is 5.69. The number of nitrogens with one attached hydrogen (secondary N) is 2. The van der Waals surface area contributed by atoms with Gasteiger partial charge in [-0.2, -0.15) is 5.10 Å². The van der Waals surface area contributed by atoms with Gasteiger partial charge in [0, 0.05) is 16.6 Å². The molecule has 158 valence electrons. The Morgan fingerprint density at radius 3 is 2.53 bits per heavy atom. The predicted octanol–water partition coefficient (Wildman–Crippen LogP) is 4.05. The van der Waals surface area contributed by atoms with Crippen molar-refractivity contribution in [1.29, 1.82) is 0 Å². The fraction of sp³-hybridized carbons (Fsp3) is 0.286. The standard InChI is InChI=1S/C21H23BrN4O3S/c1-13-4-6-14(7-5-13)20-24-25-21(30)26(20)12-19(27)23-9-8-15-10-17(28-2)18(29-3)11-16(15)22/h4-7,10-11H,8-9,12H2,1-3H3,(H,23,27)(H,25,30). The largest absolute Gasteiger partial charge is 0.493 e. The van der Waals surface area contributed by atoms with Crippen LogP contribution in [-0.2, 0) is 17.8 Å². The minimum atomic E-state index is -0.141. The van der Waals surface area contributed by atoms with Gasteiger partial charge in [0.25, 0.3) is 0 Å². The van der Waals surface area contributed by atoms with Crippen LogP contribution in [0.1, 0.15) is 11.1 Å². The number of aromatic amines is 1. The topological polar surface area (TPSA) is 81.2 Å². The van der Waals surface area contributed by atoms with Gasteiger partial charge < -0.3 is 14.8 Å². The maximum atomic E-state index is 12.5. The molecule has 0 spiro atoms. The second-order valence-corrected chi connectivity index (χ2v) is 7.94. The van der Waals surface area contributed by atoms with E-state index in [0.29, 0.717) is 35.1 Å². The van der Waals surface area contributed by atoms with Gasteiger partial charge in [0.2, 0.25) is 5.91 Å². The van der Waals surface area contributed by atoms with E-state index in [1.165, 1.54) is 0 Å². The lowest BCUT2D eigenvalue weighted by Gasteiger charge is -2.12. The van der Waals surface area contributed by atoms with Crippen LogP contribution in [0.5, 0.6) is 11.5 Å². The van der Waals surface area contributed by atoms with Gasteiger partial charge in [0.15, 0.2) is 22.1 Å². The Labute approximate surface area is 188 Å².